The van der Waals surface area contributed by atoms with Crippen LogP contribution in [0.3, 0.4) is 0 Å². The van der Waals surface area contributed by atoms with Crippen LogP contribution < -0.4 is 10.1 Å². The summed E-state index contributed by atoms with van der Waals surface area (Å²) in [6, 6.07) is 11.3. The molecule has 0 bridgehead atoms. The molecule has 0 spiro atoms. The standard InChI is InChI=1S/C20H21NO4/c1-13-3-4-14(2)17(11-13)20(23)25-10-9-24-16-6-7-18-15(12-16)5-8-19(22)21-18/h3-4,6-7,11-12H,5,8-10H2,1-2H3,(H,21,22). The molecule has 0 aromatic heterocycles. The number of carbonyl (C=O) groups is 2. The van der Waals surface area contributed by atoms with Crippen molar-refractivity contribution in [1.29, 1.82) is 0 Å². The predicted octanol–water partition coefficient (Wildman–Crippen LogP) is 3.42. The number of rotatable bonds is 5. The number of hydrogen-bond donors (Lipinski definition) is 1. The molecule has 0 saturated heterocycles. The molecular formula is C20H21NO4. The van der Waals surface area contributed by atoms with Gasteiger partial charge >= 0.3 is 5.97 Å². The Morgan fingerprint density at radius 2 is 1.92 bits per heavy atom. The monoisotopic (exact) mass is 339 g/mol. The molecule has 1 N–H and O–H groups in total. The van der Waals surface area contributed by atoms with Crippen LogP contribution in [0.25, 0.3) is 0 Å². The van der Waals surface area contributed by atoms with Gasteiger partial charge in [0.05, 0.1) is 5.56 Å². The van der Waals surface area contributed by atoms with Gasteiger partial charge in [0.25, 0.3) is 0 Å². The summed E-state index contributed by atoms with van der Waals surface area (Å²) in [5.74, 6) is 0.412. The van der Waals surface area contributed by atoms with Crippen LogP contribution >= 0.6 is 0 Å². The highest BCUT2D eigenvalue weighted by Crippen LogP contribution is 2.26. The molecule has 1 aliphatic rings. The number of esters is 1. The fraction of sp³-hybridized carbons (Fsp3) is 0.300. The van der Waals surface area contributed by atoms with Crippen LogP contribution in [0.15, 0.2) is 36.4 Å². The second kappa shape index (κ2) is 7.38. The van der Waals surface area contributed by atoms with Crippen molar-refractivity contribution in [3.8, 4) is 5.75 Å². The molecule has 5 nitrogen and oxygen atoms in total. The van der Waals surface area contributed by atoms with E-state index in [0.717, 1.165) is 22.4 Å². The van der Waals surface area contributed by atoms with E-state index in [2.05, 4.69) is 5.32 Å². The summed E-state index contributed by atoms with van der Waals surface area (Å²) in [7, 11) is 0. The van der Waals surface area contributed by atoms with Gasteiger partial charge in [-0.25, -0.2) is 4.79 Å². The lowest BCUT2D eigenvalue weighted by Crippen LogP contribution is -2.19. The van der Waals surface area contributed by atoms with Gasteiger partial charge in [0.2, 0.25) is 5.91 Å². The van der Waals surface area contributed by atoms with Gasteiger partial charge < -0.3 is 14.8 Å². The molecule has 0 fully saturated rings. The zero-order chi connectivity index (χ0) is 17.8. The fourth-order valence-corrected chi connectivity index (χ4v) is 2.78. The van der Waals surface area contributed by atoms with Gasteiger partial charge in [0.1, 0.15) is 19.0 Å². The van der Waals surface area contributed by atoms with E-state index in [-0.39, 0.29) is 25.1 Å². The highest BCUT2D eigenvalue weighted by atomic mass is 16.6. The van der Waals surface area contributed by atoms with Crippen molar-refractivity contribution in [2.75, 3.05) is 18.5 Å². The Balaban J connectivity index is 1.51. The Labute approximate surface area is 147 Å². The van der Waals surface area contributed by atoms with Gasteiger partial charge in [-0.3, -0.25) is 4.79 Å². The number of hydrogen-bond acceptors (Lipinski definition) is 4. The number of fused-ring (bicyclic) bond motifs is 1. The summed E-state index contributed by atoms with van der Waals surface area (Å²) >= 11 is 0. The first-order valence-electron chi connectivity index (χ1n) is 8.33. The summed E-state index contributed by atoms with van der Waals surface area (Å²) in [5, 5.41) is 2.83. The van der Waals surface area contributed by atoms with Crippen LogP contribution in [-0.2, 0) is 16.0 Å². The average Bonchev–Trinajstić information content (AvgIpc) is 2.60. The van der Waals surface area contributed by atoms with E-state index in [1.807, 2.05) is 44.2 Å². The maximum Gasteiger partial charge on any atom is 0.338 e. The molecule has 0 unspecified atom stereocenters. The second-order valence-electron chi connectivity index (χ2n) is 6.17. The molecule has 5 heteroatoms. The lowest BCUT2D eigenvalue weighted by Gasteiger charge is -2.17. The van der Waals surface area contributed by atoms with Crippen LogP contribution in [0.5, 0.6) is 5.75 Å². The maximum absolute atomic E-state index is 12.1. The van der Waals surface area contributed by atoms with E-state index in [0.29, 0.717) is 24.2 Å². The van der Waals surface area contributed by atoms with Crippen molar-refractivity contribution >= 4 is 17.6 Å². The van der Waals surface area contributed by atoms with E-state index in [1.165, 1.54) is 0 Å². The molecule has 25 heavy (non-hydrogen) atoms. The molecule has 130 valence electrons. The van der Waals surface area contributed by atoms with Crippen molar-refractivity contribution in [3.63, 3.8) is 0 Å². The maximum atomic E-state index is 12.1. The Hall–Kier alpha value is -2.82. The number of benzene rings is 2. The lowest BCUT2D eigenvalue weighted by molar-refractivity contribution is -0.116. The lowest BCUT2D eigenvalue weighted by atomic mass is 10.0. The predicted molar refractivity (Wildman–Crippen MR) is 95.1 cm³/mol. The minimum Gasteiger partial charge on any atom is -0.490 e. The third-order valence-electron chi connectivity index (χ3n) is 4.17. The van der Waals surface area contributed by atoms with Crippen molar-refractivity contribution in [2.24, 2.45) is 0 Å². The van der Waals surface area contributed by atoms with Gasteiger partial charge in [-0.05, 0) is 55.7 Å². The van der Waals surface area contributed by atoms with Crippen LogP contribution in [-0.4, -0.2) is 25.1 Å². The van der Waals surface area contributed by atoms with Gasteiger partial charge in [-0.2, -0.15) is 0 Å². The third kappa shape index (κ3) is 4.18. The number of amides is 1. The summed E-state index contributed by atoms with van der Waals surface area (Å²) in [5.41, 5.74) is 4.40. The number of carbonyl (C=O) groups excluding carboxylic acids is 2. The zero-order valence-electron chi connectivity index (χ0n) is 14.4. The third-order valence-corrected chi connectivity index (χ3v) is 4.17. The van der Waals surface area contributed by atoms with Gasteiger partial charge in [0.15, 0.2) is 0 Å². The first-order valence-corrected chi connectivity index (χ1v) is 8.33. The van der Waals surface area contributed by atoms with Crippen LogP contribution in [0.1, 0.15) is 33.5 Å². The first kappa shape index (κ1) is 17.0. The molecule has 2 aromatic carbocycles. The highest BCUT2D eigenvalue weighted by Gasteiger charge is 2.15. The smallest absolute Gasteiger partial charge is 0.338 e. The summed E-state index contributed by atoms with van der Waals surface area (Å²) in [6.45, 7) is 4.29. The van der Waals surface area contributed by atoms with E-state index >= 15 is 0 Å². The van der Waals surface area contributed by atoms with Crippen LogP contribution in [0, 0.1) is 13.8 Å². The van der Waals surface area contributed by atoms with Crippen molar-refractivity contribution in [1.82, 2.24) is 0 Å². The number of anilines is 1. The summed E-state index contributed by atoms with van der Waals surface area (Å²) in [4.78, 5) is 23.5. The van der Waals surface area contributed by atoms with Gasteiger partial charge in [-0.15, -0.1) is 0 Å². The Morgan fingerprint density at radius 1 is 1.08 bits per heavy atom. The molecule has 2 aromatic rings. The fourth-order valence-electron chi connectivity index (χ4n) is 2.78. The minimum atomic E-state index is -0.335. The molecule has 3 rings (SSSR count). The molecule has 0 atom stereocenters. The number of aryl methyl sites for hydroxylation is 3. The van der Waals surface area contributed by atoms with Crippen molar-refractivity contribution in [2.45, 2.75) is 26.7 Å². The topological polar surface area (TPSA) is 64.6 Å². The summed E-state index contributed by atoms with van der Waals surface area (Å²) < 4.78 is 10.9. The molecule has 0 radical (unpaired) electrons. The van der Waals surface area contributed by atoms with Gasteiger partial charge in [0, 0.05) is 12.1 Å². The van der Waals surface area contributed by atoms with Crippen LogP contribution in [0.2, 0.25) is 0 Å². The summed E-state index contributed by atoms with van der Waals surface area (Å²) in [6.07, 6.45) is 1.20. The molecule has 1 aliphatic heterocycles. The van der Waals surface area contributed by atoms with Gasteiger partial charge in [-0.1, -0.05) is 17.7 Å². The van der Waals surface area contributed by atoms with Crippen LogP contribution in [0.4, 0.5) is 5.69 Å². The van der Waals surface area contributed by atoms with E-state index in [1.54, 1.807) is 6.07 Å². The Bertz CT molecular complexity index is 813. The molecule has 1 heterocycles. The van der Waals surface area contributed by atoms with Crippen molar-refractivity contribution in [3.05, 3.63) is 58.7 Å². The highest BCUT2D eigenvalue weighted by molar-refractivity contribution is 5.94. The van der Waals surface area contributed by atoms with E-state index < -0.39 is 0 Å². The number of ether oxygens (including phenoxy) is 2. The normalized spacial score (nSPS) is 13.0. The minimum absolute atomic E-state index is 0.0412. The Morgan fingerprint density at radius 3 is 2.76 bits per heavy atom. The molecule has 0 saturated carbocycles. The van der Waals surface area contributed by atoms with E-state index in [4.69, 9.17) is 9.47 Å². The number of nitrogens with one attached hydrogen (secondary N) is 1. The zero-order valence-corrected chi connectivity index (χ0v) is 14.4. The molecular weight excluding hydrogens is 318 g/mol. The largest absolute Gasteiger partial charge is 0.490 e. The molecule has 0 aliphatic carbocycles. The van der Waals surface area contributed by atoms with E-state index in [9.17, 15) is 9.59 Å². The average molecular weight is 339 g/mol. The SMILES string of the molecule is Cc1ccc(C)c(C(=O)OCCOc2ccc3c(c2)CCC(=O)N3)c1. The second-order valence-corrected chi connectivity index (χ2v) is 6.17. The quantitative estimate of drug-likeness (QED) is 0.670. The first-order chi connectivity index (χ1) is 12.0. The Kier molecular flexibility index (Phi) is 5.03. The molecule has 1 amide bonds. The van der Waals surface area contributed by atoms with Crippen molar-refractivity contribution < 1.29 is 19.1 Å².